The van der Waals surface area contributed by atoms with Gasteiger partial charge in [-0.1, -0.05) is 19.0 Å². The highest BCUT2D eigenvalue weighted by Gasteiger charge is 2.22. The average Bonchev–Trinajstić information content (AvgIpc) is 3.32. The lowest BCUT2D eigenvalue weighted by atomic mass is 10.3. The first-order chi connectivity index (χ1) is 12.2. The molecule has 0 aromatic carbocycles. The Hall–Kier alpha value is -2.16. The second kappa shape index (κ2) is 8.28. The van der Waals surface area contributed by atoms with Gasteiger partial charge in [-0.25, -0.2) is 4.98 Å². The van der Waals surface area contributed by atoms with Crippen molar-refractivity contribution in [1.29, 1.82) is 0 Å². The fraction of sp³-hybridized carbons (Fsp3) is 0.625. The highest BCUT2D eigenvalue weighted by molar-refractivity contribution is 7.09. The molecule has 0 radical (unpaired) electrons. The van der Waals surface area contributed by atoms with Gasteiger partial charge in [0.05, 0.1) is 12.2 Å². The van der Waals surface area contributed by atoms with Crippen molar-refractivity contribution < 1.29 is 4.52 Å². The van der Waals surface area contributed by atoms with Crippen molar-refractivity contribution >= 4 is 22.6 Å². The summed E-state index contributed by atoms with van der Waals surface area (Å²) in [5, 5.41) is 8.40. The molecule has 0 spiro atoms. The lowest BCUT2D eigenvalue weighted by Gasteiger charge is -2.36. The second-order valence-electron chi connectivity index (χ2n) is 5.86. The molecule has 9 heteroatoms. The van der Waals surface area contributed by atoms with Gasteiger partial charge in [0.15, 0.2) is 11.7 Å². The molecule has 25 heavy (non-hydrogen) atoms. The fourth-order valence-corrected chi connectivity index (χ4v) is 3.53. The highest BCUT2D eigenvalue weighted by Crippen LogP contribution is 2.19. The van der Waals surface area contributed by atoms with Crippen molar-refractivity contribution in [2.45, 2.75) is 33.2 Å². The topological polar surface area (TPSA) is 82.7 Å². The van der Waals surface area contributed by atoms with Crippen LogP contribution in [0.1, 0.15) is 31.1 Å². The van der Waals surface area contributed by atoms with Crippen LogP contribution in [0.3, 0.4) is 0 Å². The maximum Gasteiger partial charge on any atom is 0.205 e. The predicted molar refractivity (Wildman–Crippen MR) is 99.2 cm³/mol. The van der Waals surface area contributed by atoms with Crippen molar-refractivity contribution in [3.63, 3.8) is 0 Å². The predicted octanol–water partition coefficient (Wildman–Crippen LogP) is 1.55. The number of rotatable bonds is 5. The zero-order chi connectivity index (χ0) is 17.6. The number of aryl methyl sites for hydroxylation is 2. The molecule has 2 aromatic heterocycles. The molecule has 1 fully saturated rings. The number of aliphatic imine (C=N–C) groups is 1. The number of hydrogen-bond donors (Lipinski definition) is 1. The van der Waals surface area contributed by atoms with Crippen molar-refractivity contribution in [1.82, 2.24) is 24.7 Å². The lowest BCUT2D eigenvalue weighted by molar-refractivity contribution is 0.356. The number of anilines is 1. The standard InChI is InChI=1S/C16H25N7OS/c1-4-12-10-13(24-20-12)11-18-15(17-3)22-6-8-23(9-7-22)16-19-14(5-2)21-25-16/h10H,4-9,11H2,1-3H3,(H,17,18). The number of nitrogens with zero attached hydrogens (tertiary/aromatic N) is 6. The van der Waals surface area contributed by atoms with E-state index in [0.29, 0.717) is 6.54 Å². The summed E-state index contributed by atoms with van der Waals surface area (Å²) < 4.78 is 9.69. The molecule has 1 saturated heterocycles. The third-order valence-corrected chi connectivity index (χ3v) is 5.04. The number of guanidine groups is 1. The van der Waals surface area contributed by atoms with Gasteiger partial charge in [0.1, 0.15) is 5.82 Å². The molecule has 8 nitrogen and oxygen atoms in total. The molecule has 1 aliphatic rings. The summed E-state index contributed by atoms with van der Waals surface area (Å²) in [5.74, 6) is 2.65. The van der Waals surface area contributed by atoms with Gasteiger partial charge in [-0.3, -0.25) is 4.99 Å². The summed E-state index contributed by atoms with van der Waals surface area (Å²) in [5.41, 5.74) is 0.976. The summed E-state index contributed by atoms with van der Waals surface area (Å²) in [7, 11) is 1.81. The van der Waals surface area contributed by atoms with E-state index in [1.165, 1.54) is 11.5 Å². The molecule has 1 aliphatic heterocycles. The fourth-order valence-electron chi connectivity index (χ4n) is 2.73. The third-order valence-electron chi connectivity index (χ3n) is 4.23. The summed E-state index contributed by atoms with van der Waals surface area (Å²) in [6.07, 6.45) is 1.76. The van der Waals surface area contributed by atoms with E-state index < -0.39 is 0 Å². The van der Waals surface area contributed by atoms with Crippen molar-refractivity contribution in [2.24, 2.45) is 4.99 Å². The van der Waals surface area contributed by atoms with Crippen LogP contribution in [0.25, 0.3) is 0 Å². The van der Waals surface area contributed by atoms with Gasteiger partial charge in [-0.05, 0) is 6.42 Å². The lowest BCUT2D eigenvalue weighted by Crippen LogP contribution is -2.52. The van der Waals surface area contributed by atoms with E-state index in [0.717, 1.165) is 67.4 Å². The van der Waals surface area contributed by atoms with Crippen LogP contribution in [-0.2, 0) is 19.4 Å². The van der Waals surface area contributed by atoms with Crippen LogP contribution in [0.15, 0.2) is 15.6 Å². The molecule has 3 heterocycles. The molecule has 0 bridgehead atoms. The molecule has 136 valence electrons. The second-order valence-corrected chi connectivity index (χ2v) is 6.59. The van der Waals surface area contributed by atoms with Crippen LogP contribution in [0.5, 0.6) is 0 Å². The molecule has 0 aliphatic carbocycles. The zero-order valence-corrected chi connectivity index (χ0v) is 15.8. The Morgan fingerprint density at radius 3 is 2.68 bits per heavy atom. The number of aromatic nitrogens is 3. The van der Waals surface area contributed by atoms with Gasteiger partial charge in [-0.2, -0.15) is 4.37 Å². The van der Waals surface area contributed by atoms with Crippen LogP contribution < -0.4 is 10.2 Å². The average molecular weight is 363 g/mol. The minimum Gasteiger partial charge on any atom is -0.359 e. The zero-order valence-electron chi connectivity index (χ0n) is 15.0. The number of hydrogen-bond acceptors (Lipinski definition) is 7. The monoisotopic (exact) mass is 363 g/mol. The van der Waals surface area contributed by atoms with Gasteiger partial charge in [-0.15, -0.1) is 0 Å². The first-order valence-corrected chi connectivity index (χ1v) is 9.48. The van der Waals surface area contributed by atoms with Crippen LogP contribution in [0, 0.1) is 0 Å². The van der Waals surface area contributed by atoms with E-state index in [4.69, 9.17) is 4.52 Å². The summed E-state index contributed by atoms with van der Waals surface area (Å²) in [6, 6.07) is 1.99. The Morgan fingerprint density at radius 1 is 1.28 bits per heavy atom. The van der Waals surface area contributed by atoms with E-state index in [-0.39, 0.29) is 0 Å². The van der Waals surface area contributed by atoms with E-state index in [9.17, 15) is 0 Å². The summed E-state index contributed by atoms with van der Waals surface area (Å²) in [6.45, 7) is 8.37. The Balaban J connectivity index is 1.51. The van der Waals surface area contributed by atoms with Gasteiger partial charge >= 0.3 is 0 Å². The van der Waals surface area contributed by atoms with E-state index >= 15 is 0 Å². The molecule has 3 rings (SSSR count). The van der Waals surface area contributed by atoms with Gasteiger partial charge in [0.2, 0.25) is 5.13 Å². The Bertz CT molecular complexity index is 703. The first-order valence-electron chi connectivity index (χ1n) is 8.71. The number of nitrogens with one attached hydrogen (secondary N) is 1. The molecule has 2 aromatic rings. The van der Waals surface area contributed by atoms with E-state index in [2.05, 4.69) is 48.5 Å². The minimum absolute atomic E-state index is 0.593. The summed E-state index contributed by atoms with van der Waals surface area (Å²) >= 11 is 1.49. The molecule has 0 atom stereocenters. The highest BCUT2D eigenvalue weighted by atomic mass is 32.1. The quantitative estimate of drug-likeness (QED) is 0.637. The van der Waals surface area contributed by atoms with Crippen molar-refractivity contribution in [3.8, 4) is 0 Å². The third kappa shape index (κ3) is 4.28. The van der Waals surface area contributed by atoms with Gasteiger partial charge < -0.3 is 19.6 Å². The van der Waals surface area contributed by atoms with Crippen LogP contribution in [0.4, 0.5) is 5.13 Å². The van der Waals surface area contributed by atoms with Crippen molar-refractivity contribution in [3.05, 3.63) is 23.3 Å². The van der Waals surface area contributed by atoms with Crippen LogP contribution in [-0.4, -0.2) is 58.6 Å². The Labute approximate surface area is 152 Å². The molecule has 0 unspecified atom stereocenters. The normalized spacial score (nSPS) is 15.7. The maximum atomic E-state index is 5.32. The minimum atomic E-state index is 0.593. The molecular weight excluding hydrogens is 338 g/mol. The van der Waals surface area contributed by atoms with Crippen LogP contribution >= 0.6 is 11.5 Å². The van der Waals surface area contributed by atoms with Crippen LogP contribution in [0.2, 0.25) is 0 Å². The van der Waals surface area contributed by atoms with E-state index in [1.54, 1.807) is 0 Å². The van der Waals surface area contributed by atoms with Gasteiger partial charge in [0.25, 0.3) is 0 Å². The Morgan fingerprint density at radius 2 is 2.08 bits per heavy atom. The SMILES string of the molecule is CCc1cc(CNC(=NC)N2CCN(c3nc(CC)ns3)CC2)on1. The van der Waals surface area contributed by atoms with Crippen molar-refractivity contribution in [2.75, 3.05) is 38.1 Å². The van der Waals surface area contributed by atoms with E-state index in [1.807, 2.05) is 13.1 Å². The summed E-state index contributed by atoms with van der Waals surface area (Å²) in [4.78, 5) is 13.5. The Kier molecular flexibility index (Phi) is 5.85. The van der Waals surface area contributed by atoms with Gasteiger partial charge in [0, 0.05) is 57.2 Å². The smallest absolute Gasteiger partial charge is 0.205 e. The molecule has 0 amide bonds. The maximum absolute atomic E-state index is 5.32. The molecule has 0 saturated carbocycles. The first kappa shape index (κ1) is 17.7. The molecular formula is C16H25N7OS. The largest absolute Gasteiger partial charge is 0.359 e. The molecule has 1 N–H and O–H groups in total. The number of piperazine rings is 1.